The average Bonchev–Trinajstić information content (AvgIpc) is 2.57. The fraction of sp³-hybridized carbons (Fsp3) is 0.727. The molecule has 3 nitrogen and oxygen atoms in total. The van der Waals surface area contributed by atoms with Crippen molar-refractivity contribution in [3.63, 3.8) is 0 Å². The molecule has 0 spiro atoms. The Morgan fingerprint density at radius 2 is 2.21 bits per heavy atom. The van der Waals surface area contributed by atoms with Crippen LogP contribution >= 0.6 is 0 Å². The number of allylic oxidation sites excluding steroid dienone is 2. The number of hydrogen-bond acceptors (Lipinski definition) is 3. The average molecular weight is 194 g/mol. The van der Waals surface area contributed by atoms with Crippen LogP contribution in [0.3, 0.4) is 0 Å². The van der Waals surface area contributed by atoms with Crippen LogP contribution in [0, 0.1) is 5.92 Å². The molecule has 0 saturated carbocycles. The van der Waals surface area contributed by atoms with E-state index in [4.69, 9.17) is 9.47 Å². The van der Waals surface area contributed by atoms with Crippen molar-refractivity contribution in [1.29, 1.82) is 0 Å². The minimum Gasteiger partial charge on any atom is -0.469 e. The number of carbonyl (C=O) groups is 1. The van der Waals surface area contributed by atoms with Gasteiger partial charge >= 0.3 is 0 Å². The Kier molecular flexibility index (Phi) is 1.87. The van der Waals surface area contributed by atoms with Gasteiger partial charge in [-0.25, -0.2) is 0 Å². The van der Waals surface area contributed by atoms with Crippen LogP contribution in [0.15, 0.2) is 11.3 Å². The third-order valence-electron chi connectivity index (χ3n) is 3.36. The molecule has 14 heavy (non-hydrogen) atoms. The monoisotopic (exact) mass is 194 g/mol. The molecule has 3 aliphatic rings. The summed E-state index contributed by atoms with van der Waals surface area (Å²) < 4.78 is 11.3. The lowest BCUT2D eigenvalue weighted by molar-refractivity contribution is -0.180. The van der Waals surface area contributed by atoms with Crippen LogP contribution in [0.1, 0.15) is 32.1 Å². The van der Waals surface area contributed by atoms with Crippen molar-refractivity contribution < 1.29 is 14.3 Å². The summed E-state index contributed by atoms with van der Waals surface area (Å²) in [6.45, 7) is 0.803. The number of ketones is 1. The molecule has 0 bridgehead atoms. The van der Waals surface area contributed by atoms with Crippen LogP contribution in [0.2, 0.25) is 0 Å². The zero-order valence-corrected chi connectivity index (χ0v) is 8.12. The van der Waals surface area contributed by atoms with Gasteiger partial charge in [0.2, 0.25) is 6.29 Å². The van der Waals surface area contributed by atoms with Gasteiger partial charge in [0.15, 0.2) is 5.78 Å². The van der Waals surface area contributed by atoms with E-state index in [0.29, 0.717) is 18.1 Å². The Hall–Kier alpha value is -0.830. The van der Waals surface area contributed by atoms with E-state index in [1.807, 2.05) is 0 Å². The van der Waals surface area contributed by atoms with Gasteiger partial charge in [-0.2, -0.15) is 0 Å². The summed E-state index contributed by atoms with van der Waals surface area (Å²) in [4.78, 5) is 11.5. The molecule has 0 radical (unpaired) electrons. The van der Waals surface area contributed by atoms with Crippen LogP contribution in [0.5, 0.6) is 0 Å². The van der Waals surface area contributed by atoms with Gasteiger partial charge in [-0.1, -0.05) is 0 Å². The number of rotatable bonds is 0. The normalized spacial score (nSPS) is 36.4. The highest BCUT2D eigenvalue weighted by molar-refractivity contribution is 5.98. The van der Waals surface area contributed by atoms with Crippen LogP contribution in [0.25, 0.3) is 0 Å². The molecule has 0 N–H and O–H groups in total. The predicted octanol–water partition coefficient (Wildman–Crippen LogP) is 1.78. The Bertz CT molecular complexity index is 306. The highest BCUT2D eigenvalue weighted by atomic mass is 16.7. The zero-order valence-electron chi connectivity index (χ0n) is 8.12. The molecule has 1 saturated heterocycles. The molecule has 1 fully saturated rings. The van der Waals surface area contributed by atoms with E-state index in [2.05, 4.69) is 0 Å². The smallest absolute Gasteiger partial charge is 0.202 e. The fourth-order valence-electron chi connectivity index (χ4n) is 2.59. The summed E-state index contributed by atoms with van der Waals surface area (Å²) in [6.07, 6.45) is 4.49. The van der Waals surface area contributed by atoms with Gasteiger partial charge in [0.1, 0.15) is 5.76 Å². The molecule has 3 heteroatoms. The third kappa shape index (κ3) is 1.19. The lowest BCUT2D eigenvalue weighted by Crippen LogP contribution is -2.35. The minimum absolute atomic E-state index is 0.0617. The van der Waals surface area contributed by atoms with Crippen LogP contribution < -0.4 is 0 Å². The van der Waals surface area contributed by atoms with Gasteiger partial charge in [-0.3, -0.25) is 4.79 Å². The summed E-state index contributed by atoms with van der Waals surface area (Å²) in [5, 5.41) is 0. The van der Waals surface area contributed by atoms with E-state index < -0.39 is 0 Å². The second kappa shape index (κ2) is 3.09. The highest BCUT2D eigenvalue weighted by Gasteiger charge is 2.38. The van der Waals surface area contributed by atoms with Crippen molar-refractivity contribution in [1.82, 2.24) is 0 Å². The first-order valence-electron chi connectivity index (χ1n) is 5.38. The number of fused-ring (bicyclic) bond motifs is 1. The van der Waals surface area contributed by atoms with Crippen molar-refractivity contribution in [2.45, 2.75) is 38.4 Å². The molecule has 3 rings (SSSR count). The van der Waals surface area contributed by atoms with Crippen molar-refractivity contribution in [2.75, 3.05) is 6.61 Å². The van der Waals surface area contributed by atoms with Gasteiger partial charge in [0.25, 0.3) is 0 Å². The van der Waals surface area contributed by atoms with E-state index >= 15 is 0 Å². The summed E-state index contributed by atoms with van der Waals surface area (Å²) in [7, 11) is 0. The van der Waals surface area contributed by atoms with Crippen molar-refractivity contribution >= 4 is 5.78 Å². The van der Waals surface area contributed by atoms with Crippen LogP contribution in [-0.2, 0) is 14.3 Å². The second-order valence-corrected chi connectivity index (χ2v) is 4.29. The number of Topliss-reactive ketones (excluding diaryl/α,β-unsaturated/α-hetero) is 1. The molecule has 1 aliphatic carbocycles. The zero-order chi connectivity index (χ0) is 9.54. The number of ether oxygens (including phenoxy) is 2. The summed E-state index contributed by atoms with van der Waals surface area (Å²) in [5.41, 5.74) is 0.955. The molecule has 0 aromatic rings. The first-order chi connectivity index (χ1) is 6.84. The molecule has 0 aromatic carbocycles. The predicted molar refractivity (Wildman–Crippen MR) is 49.4 cm³/mol. The van der Waals surface area contributed by atoms with Crippen LogP contribution in [0.4, 0.5) is 0 Å². The molecule has 76 valence electrons. The fourth-order valence-corrected chi connectivity index (χ4v) is 2.59. The van der Waals surface area contributed by atoms with Gasteiger partial charge in [0.05, 0.1) is 6.61 Å². The summed E-state index contributed by atoms with van der Waals surface area (Å²) in [6, 6.07) is 0. The van der Waals surface area contributed by atoms with E-state index in [0.717, 1.165) is 43.6 Å². The molecular formula is C11H14O3. The quantitative estimate of drug-likeness (QED) is 0.589. The SMILES string of the molecule is O=C1CCC2=C1CC1CCCOC1O2. The molecule has 0 amide bonds. The Morgan fingerprint density at radius 3 is 3.14 bits per heavy atom. The molecule has 2 atom stereocenters. The Morgan fingerprint density at radius 1 is 1.29 bits per heavy atom. The second-order valence-electron chi connectivity index (χ2n) is 4.29. The number of carbonyl (C=O) groups excluding carboxylic acids is 1. The van der Waals surface area contributed by atoms with Crippen LogP contribution in [-0.4, -0.2) is 18.7 Å². The molecule has 2 aliphatic heterocycles. The topological polar surface area (TPSA) is 35.5 Å². The van der Waals surface area contributed by atoms with E-state index in [1.54, 1.807) is 0 Å². The van der Waals surface area contributed by atoms with Gasteiger partial charge in [-0.15, -0.1) is 0 Å². The molecular weight excluding hydrogens is 180 g/mol. The summed E-state index contributed by atoms with van der Waals surface area (Å²) in [5.74, 6) is 1.63. The Labute approximate surface area is 83.1 Å². The first-order valence-corrected chi connectivity index (χ1v) is 5.38. The minimum atomic E-state index is -0.0617. The van der Waals surface area contributed by atoms with Gasteiger partial charge in [-0.05, 0) is 19.3 Å². The molecule has 2 unspecified atom stereocenters. The lowest BCUT2D eigenvalue weighted by Gasteiger charge is -2.35. The first kappa shape index (κ1) is 8.48. The molecule has 2 heterocycles. The van der Waals surface area contributed by atoms with Crippen molar-refractivity contribution in [2.24, 2.45) is 5.92 Å². The number of hydrogen-bond donors (Lipinski definition) is 0. The highest BCUT2D eigenvalue weighted by Crippen LogP contribution is 2.40. The summed E-state index contributed by atoms with van der Waals surface area (Å²) >= 11 is 0. The maximum absolute atomic E-state index is 11.5. The largest absolute Gasteiger partial charge is 0.469 e. The van der Waals surface area contributed by atoms with Gasteiger partial charge < -0.3 is 9.47 Å². The lowest BCUT2D eigenvalue weighted by atomic mass is 9.90. The van der Waals surface area contributed by atoms with E-state index in [9.17, 15) is 4.79 Å². The van der Waals surface area contributed by atoms with Gasteiger partial charge in [0, 0.05) is 24.3 Å². The van der Waals surface area contributed by atoms with Crippen molar-refractivity contribution in [3.05, 3.63) is 11.3 Å². The molecule has 0 aromatic heterocycles. The van der Waals surface area contributed by atoms with Crippen molar-refractivity contribution in [3.8, 4) is 0 Å². The maximum Gasteiger partial charge on any atom is 0.202 e. The standard InChI is InChI=1S/C11H14O3/c12-9-3-4-10-8(9)6-7-2-1-5-13-11(7)14-10/h7,11H,1-6H2. The van der Waals surface area contributed by atoms with E-state index in [-0.39, 0.29) is 6.29 Å². The Balaban J connectivity index is 1.86. The third-order valence-corrected chi connectivity index (χ3v) is 3.36. The maximum atomic E-state index is 11.5. The van der Waals surface area contributed by atoms with E-state index in [1.165, 1.54) is 0 Å².